The molecule has 1 aliphatic heterocycles. The van der Waals surface area contributed by atoms with Gasteiger partial charge in [0, 0.05) is 19.2 Å². The molecule has 3 atom stereocenters. The van der Waals surface area contributed by atoms with E-state index < -0.39 is 5.54 Å². The third-order valence-electron chi connectivity index (χ3n) is 3.56. The zero-order valence-electron chi connectivity index (χ0n) is 10.6. The number of nitrogens with zero attached hydrogens (tertiary/aromatic N) is 1. The summed E-state index contributed by atoms with van der Waals surface area (Å²) in [4.78, 5) is 13.5. The molecule has 1 aliphatic rings. The first-order valence-electron chi connectivity index (χ1n) is 5.71. The number of nitrogens with two attached hydrogens (primary N) is 1. The SMILES string of the molecule is CNC(C)(CN(C)C1CCOC1C)C(N)=O. The highest BCUT2D eigenvalue weighted by Gasteiger charge is 2.35. The maximum absolute atomic E-state index is 11.4. The maximum Gasteiger partial charge on any atom is 0.238 e. The van der Waals surface area contributed by atoms with Crippen molar-refractivity contribution in [2.75, 3.05) is 27.2 Å². The molecule has 0 aromatic rings. The predicted molar refractivity (Wildman–Crippen MR) is 63.1 cm³/mol. The molecule has 3 N–H and O–H groups in total. The third-order valence-corrected chi connectivity index (χ3v) is 3.56. The first kappa shape index (κ1) is 13.4. The minimum absolute atomic E-state index is 0.221. The molecule has 16 heavy (non-hydrogen) atoms. The summed E-state index contributed by atoms with van der Waals surface area (Å²) in [5.74, 6) is -0.326. The molecule has 0 aliphatic carbocycles. The number of carbonyl (C=O) groups excluding carboxylic acids is 1. The second-order valence-corrected chi connectivity index (χ2v) is 4.79. The maximum atomic E-state index is 11.4. The standard InChI is InChI=1S/C11H23N3O2/c1-8-9(5-6-16-8)14(4)7-11(2,13-3)10(12)15/h8-9,13H,5-7H2,1-4H3,(H2,12,15). The predicted octanol–water partition coefficient (Wildman–Crippen LogP) is -0.441. The van der Waals surface area contributed by atoms with Gasteiger partial charge in [-0.05, 0) is 34.4 Å². The number of likely N-dealkylation sites (N-methyl/N-ethyl adjacent to an activating group) is 2. The average molecular weight is 229 g/mol. The fourth-order valence-electron chi connectivity index (χ4n) is 2.20. The van der Waals surface area contributed by atoms with E-state index in [1.807, 2.05) is 14.0 Å². The van der Waals surface area contributed by atoms with Gasteiger partial charge in [0.2, 0.25) is 5.91 Å². The third kappa shape index (κ3) is 2.72. The van der Waals surface area contributed by atoms with Crippen molar-refractivity contribution in [2.24, 2.45) is 5.73 Å². The van der Waals surface area contributed by atoms with E-state index in [2.05, 4.69) is 17.1 Å². The molecule has 0 bridgehead atoms. The molecule has 1 fully saturated rings. The Kier molecular flexibility index (Phi) is 4.29. The van der Waals surface area contributed by atoms with Gasteiger partial charge < -0.3 is 15.8 Å². The van der Waals surface area contributed by atoms with Crippen molar-refractivity contribution in [3.8, 4) is 0 Å². The largest absolute Gasteiger partial charge is 0.377 e. The molecule has 0 aromatic heterocycles. The zero-order valence-corrected chi connectivity index (χ0v) is 10.6. The van der Waals surface area contributed by atoms with E-state index in [4.69, 9.17) is 10.5 Å². The fourth-order valence-corrected chi connectivity index (χ4v) is 2.20. The van der Waals surface area contributed by atoms with Crippen LogP contribution in [0.25, 0.3) is 0 Å². The van der Waals surface area contributed by atoms with Crippen LogP contribution in [0.5, 0.6) is 0 Å². The summed E-state index contributed by atoms with van der Waals surface area (Å²) in [5, 5.41) is 2.99. The van der Waals surface area contributed by atoms with Crippen LogP contribution in [0.1, 0.15) is 20.3 Å². The molecule has 0 saturated carbocycles. The van der Waals surface area contributed by atoms with Gasteiger partial charge in [0.1, 0.15) is 5.54 Å². The van der Waals surface area contributed by atoms with Crippen molar-refractivity contribution in [1.29, 1.82) is 0 Å². The summed E-state index contributed by atoms with van der Waals surface area (Å²) in [6.07, 6.45) is 1.23. The molecule has 94 valence electrons. The van der Waals surface area contributed by atoms with Crippen molar-refractivity contribution in [1.82, 2.24) is 10.2 Å². The molecule has 0 radical (unpaired) electrons. The molecular weight excluding hydrogens is 206 g/mol. The highest BCUT2D eigenvalue weighted by molar-refractivity contribution is 5.84. The summed E-state index contributed by atoms with van der Waals surface area (Å²) in [6.45, 7) is 5.28. The lowest BCUT2D eigenvalue weighted by Crippen LogP contribution is -2.59. The van der Waals surface area contributed by atoms with Crippen LogP contribution in [0.15, 0.2) is 0 Å². The minimum Gasteiger partial charge on any atom is -0.377 e. The lowest BCUT2D eigenvalue weighted by Gasteiger charge is -2.34. The number of carbonyl (C=O) groups is 1. The fraction of sp³-hybridized carbons (Fsp3) is 0.909. The Bertz CT molecular complexity index is 260. The molecule has 1 saturated heterocycles. The summed E-state index contributed by atoms with van der Waals surface area (Å²) < 4.78 is 5.52. The van der Waals surface area contributed by atoms with Gasteiger partial charge in [0.05, 0.1) is 6.10 Å². The lowest BCUT2D eigenvalue weighted by atomic mass is 9.99. The Hall–Kier alpha value is -0.650. The molecule has 5 nitrogen and oxygen atoms in total. The van der Waals surface area contributed by atoms with Crippen molar-refractivity contribution >= 4 is 5.91 Å². The van der Waals surface area contributed by atoms with E-state index in [0.29, 0.717) is 12.6 Å². The molecule has 1 amide bonds. The Morgan fingerprint density at radius 1 is 1.69 bits per heavy atom. The van der Waals surface area contributed by atoms with E-state index in [1.165, 1.54) is 0 Å². The highest BCUT2D eigenvalue weighted by atomic mass is 16.5. The van der Waals surface area contributed by atoms with Crippen molar-refractivity contribution in [2.45, 2.75) is 38.0 Å². The number of hydrogen-bond acceptors (Lipinski definition) is 4. The van der Waals surface area contributed by atoms with E-state index in [9.17, 15) is 4.79 Å². The quantitative estimate of drug-likeness (QED) is 0.670. The van der Waals surface area contributed by atoms with E-state index in [0.717, 1.165) is 13.0 Å². The monoisotopic (exact) mass is 229 g/mol. The second-order valence-electron chi connectivity index (χ2n) is 4.79. The van der Waals surface area contributed by atoms with Crippen LogP contribution < -0.4 is 11.1 Å². The second kappa shape index (κ2) is 5.12. The number of primary amides is 1. The normalized spacial score (nSPS) is 29.3. The molecular formula is C11H23N3O2. The number of hydrogen-bond donors (Lipinski definition) is 2. The summed E-state index contributed by atoms with van der Waals surface area (Å²) in [7, 11) is 3.77. The Morgan fingerprint density at radius 3 is 2.69 bits per heavy atom. The van der Waals surface area contributed by atoms with Gasteiger partial charge in [-0.15, -0.1) is 0 Å². The number of nitrogens with one attached hydrogen (secondary N) is 1. The lowest BCUT2D eigenvalue weighted by molar-refractivity contribution is -0.124. The Balaban J connectivity index is 2.61. The van der Waals surface area contributed by atoms with Gasteiger partial charge in [-0.2, -0.15) is 0 Å². The number of ether oxygens (including phenoxy) is 1. The van der Waals surface area contributed by atoms with Gasteiger partial charge in [0.25, 0.3) is 0 Å². The van der Waals surface area contributed by atoms with Crippen LogP contribution in [0.3, 0.4) is 0 Å². The van der Waals surface area contributed by atoms with Gasteiger partial charge >= 0.3 is 0 Å². The highest BCUT2D eigenvalue weighted by Crippen LogP contribution is 2.19. The smallest absolute Gasteiger partial charge is 0.238 e. The van der Waals surface area contributed by atoms with Crippen LogP contribution >= 0.6 is 0 Å². The van der Waals surface area contributed by atoms with Gasteiger partial charge in [-0.25, -0.2) is 0 Å². The summed E-state index contributed by atoms with van der Waals surface area (Å²) in [5.41, 5.74) is 4.72. The Morgan fingerprint density at radius 2 is 2.31 bits per heavy atom. The molecule has 1 rings (SSSR count). The molecule has 1 heterocycles. The number of rotatable bonds is 5. The number of amides is 1. The van der Waals surface area contributed by atoms with Crippen molar-refractivity contribution in [3.05, 3.63) is 0 Å². The van der Waals surface area contributed by atoms with E-state index in [1.54, 1.807) is 7.05 Å². The minimum atomic E-state index is -0.683. The molecule has 5 heteroatoms. The molecule has 3 unspecified atom stereocenters. The van der Waals surface area contributed by atoms with Crippen molar-refractivity contribution in [3.63, 3.8) is 0 Å². The topological polar surface area (TPSA) is 67.6 Å². The van der Waals surface area contributed by atoms with E-state index in [-0.39, 0.29) is 12.0 Å². The van der Waals surface area contributed by atoms with Crippen LogP contribution in [-0.2, 0) is 9.53 Å². The van der Waals surface area contributed by atoms with Gasteiger partial charge in [0.15, 0.2) is 0 Å². The van der Waals surface area contributed by atoms with Gasteiger partial charge in [-0.3, -0.25) is 9.69 Å². The molecule has 0 aromatic carbocycles. The van der Waals surface area contributed by atoms with Gasteiger partial charge in [-0.1, -0.05) is 0 Å². The first-order valence-corrected chi connectivity index (χ1v) is 5.71. The first-order chi connectivity index (χ1) is 7.40. The zero-order chi connectivity index (χ0) is 12.3. The average Bonchev–Trinajstić information content (AvgIpc) is 2.64. The van der Waals surface area contributed by atoms with Crippen LogP contribution in [0, 0.1) is 0 Å². The van der Waals surface area contributed by atoms with Crippen molar-refractivity contribution < 1.29 is 9.53 Å². The molecule has 0 spiro atoms. The van der Waals surface area contributed by atoms with Crippen LogP contribution in [0.2, 0.25) is 0 Å². The van der Waals surface area contributed by atoms with E-state index >= 15 is 0 Å². The summed E-state index contributed by atoms with van der Waals surface area (Å²) in [6, 6.07) is 0.368. The summed E-state index contributed by atoms with van der Waals surface area (Å²) >= 11 is 0. The van der Waals surface area contributed by atoms with Crippen LogP contribution in [-0.4, -0.2) is 55.7 Å². The Labute approximate surface area is 97.3 Å². The van der Waals surface area contributed by atoms with Crippen LogP contribution in [0.4, 0.5) is 0 Å².